The van der Waals surface area contributed by atoms with E-state index in [-0.39, 0.29) is 35.7 Å². The van der Waals surface area contributed by atoms with Crippen molar-refractivity contribution >= 4 is 29.3 Å². The molecule has 0 spiro atoms. The number of benzene rings is 2. The standard InChI is InChI=1S/C28H28FN5O3/c1-15-25(35)32(4)21-14-30-27(31-24(21)33(15)18-12-13-18)34-23(16-8-10-17(29)11-9-16)19-6-5-7-20(28(2,3)37)22(19)26(34)36/h5-11,14-15,18,23,37H,12-13H2,1-4H3/t15-,23?/m1/s1. The highest BCUT2D eigenvalue weighted by atomic mass is 19.1. The molecular formula is C28H28FN5O3. The fraction of sp³-hybridized carbons (Fsp3) is 0.357. The van der Waals surface area contributed by atoms with Crippen LogP contribution in [0.4, 0.5) is 21.8 Å². The van der Waals surface area contributed by atoms with Crippen molar-refractivity contribution in [2.75, 3.05) is 21.7 Å². The van der Waals surface area contributed by atoms with Gasteiger partial charge in [0.15, 0.2) is 5.82 Å². The van der Waals surface area contributed by atoms with Crippen molar-refractivity contribution in [3.05, 3.63) is 76.7 Å². The van der Waals surface area contributed by atoms with Crippen LogP contribution >= 0.6 is 0 Å². The number of hydrogen-bond acceptors (Lipinski definition) is 6. The number of amides is 2. The van der Waals surface area contributed by atoms with Crippen molar-refractivity contribution in [2.24, 2.45) is 0 Å². The summed E-state index contributed by atoms with van der Waals surface area (Å²) in [6.45, 7) is 5.15. The number of likely N-dealkylation sites (N-methyl/N-ethyl adjacent to an activating group) is 1. The molecule has 3 aliphatic rings. The second-order valence-electron chi connectivity index (χ2n) is 10.5. The maximum Gasteiger partial charge on any atom is 0.262 e. The number of aromatic nitrogens is 2. The van der Waals surface area contributed by atoms with E-state index in [1.165, 1.54) is 17.0 Å². The topological polar surface area (TPSA) is 89.9 Å². The first-order chi connectivity index (χ1) is 17.6. The van der Waals surface area contributed by atoms with Crippen molar-refractivity contribution in [2.45, 2.75) is 57.3 Å². The molecule has 2 aliphatic heterocycles. The Balaban J connectivity index is 1.54. The number of rotatable bonds is 4. The first kappa shape index (κ1) is 23.5. The van der Waals surface area contributed by atoms with E-state index in [1.807, 2.05) is 24.0 Å². The van der Waals surface area contributed by atoms with Gasteiger partial charge in [0.2, 0.25) is 11.9 Å². The number of carbonyl (C=O) groups excluding carboxylic acids is 2. The number of aliphatic hydroxyl groups is 1. The van der Waals surface area contributed by atoms with Crippen LogP contribution in [0.25, 0.3) is 0 Å². The lowest BCUT2D eigenvalue weighted by Gasteiger charge is -2.39. The number of halogens is 1. The van der Waals surface area contributed by atoms with Gasteiger partial charge in [-0.25, -0.2) is 9.37 Å². The quantitative estimate of drug-likeness (QED) is 0.583. The van der Waals surface area contributed by atoms with Gasteiger partial charge in [-0.2, -0.15) is 4.98 Å². The van der Waals surface area contributed by atoms with E-state index >= 15 is 0 Å². The molecule has 8 nitrogen and oxygen atoms in total. The Kier molecular flexibility index (Phi) is 5.14. The Labute approximate surface area is 214 Å². The highest BCUT2D eigenvalue weighted by molar-refractivity contribution is 6.12. The van der Waals surface area contributed by atoms with Crippen LogP contribution in [0.2, 0.25) is 0 Å². The number of hydrogen-bond donors (Lipinski definition) is 1. The molecule has 3 aromatic rings. The van der Waals surface area contributed by atoms with E-state index < -0.39 is 11.6 Å². The molecular weight excluding hydrogens is 473 g/mol. The summed E-state index contributed by atoms with van der Waals surface area (Å²) >= 11 is 0. The lowest BCUT2D eigenvalue weighted by Crippen LogP contribution is -2.52. The maximum atomic E-state index is 14.1. The first-order valence-corrected chi connectivity index (χ1v) is 12.5. The third kappa shape index (κ3) is 3.60. The van der Waals surface area contributed by atoms with Crippen molar-refractivity contribution in [3.63, 3.8) is 0 Å². The molecule has 2 aromatic carbocycles. The zero-order valence-corrected chi connectivity index (χ0v) is 21.1. The fourth-order valence-corrected chi connectivity index (χ4v) is 5.55. The molecule has 9 heteroatoms. The summed E-state index contributed by atoms with van der Waals surface area (Å²) < 4.78 is 13.8. The molecule has 1 saturated carbocycles. The summed E-state index contributed by atoms with van der Waals surface area (Å²) in [7, 11) is 1.71. The average molecular weight is 502 g/mol. The molecule has 0 bridgehead atoms. The van der Waals surface area contributed by atoms with Gasteiger partial charge in [0, 0.05) is 13.1 Å². The predicted octanol–water partition coefficient (Wildman–Crippen LogP) is 3.93. The van der Waals surface area contributed by atoms with Crippen LogP contribution < -0.4 is 14.7 Å². The van der Waals surface area contributed by atoms with Gasteiger partial charge in [-0.05, 0) is 62.4 Å². The van der Waals surface area contributed by atoms with Crippen molar-refractivity contribution < 1.29 is 19.1 Å². The molecule has 0 radical (unpaired) electrons. The van der Waals surface area contributed by atoms with E-state index in [9.17, 15) is 19.1 Å². The third-order valence-corrected chi connectivity index (χ3v) is 7.53. The summed E-state index contributed by atoms with van der Waals surface area (Å²) in [5, 5.41) is 10.9. The Morgan fingerprint density at radius 1 is 1.08 bits per heavy atom. The minimum atomic E-state index is -1.26. The molecule has 2 atom stereocenters. The summed E-state index contributed by atoms with van der Waals surface area (Å²) in [5.74, 6) is 0.0625. The second kappa shape index (κ2) is 8.08. The zero-order chi connectivity index (χ0) is 26.2. The fourth-order valence-electron chi connectivity index (χ4n) is 5.55. The Bertz CT molecular complexity index is 1430. The van der Waals surface area contributed by atoms with Crippen molar-refractivity contribution in [3.8, 4) is 0 Å². The molecule has 1 N–H and O–H groups in total. The maximum absolute atomic E-state index is 14.1. The van der Waals surface area contributed by atoms with Gasteiger partial charge in [0.1, 0.15) is 17.5 Å². The van der Waals surface area contributed by atoms with E-state index in [4.69, 9.17) is 4.98 Å². The smallest absolute Gasteiger partial charge is 0.262 e. The van der Waals surface area contributed by atoms with Gasteiger partial charge >= 0.3 is 0 Å². The Morgan fingerprint density at radius 2 is 1.78 bits per heavy atom. The number of fused-ring (bicyclic) bond motifs is 2. The normalized spacial score (nSPS) is 21.4. The van der Waals surface area contributed by atoms with Gasteiger partial charge in [0.25, 0.3) is 5.91 Å². The lowest BCUT2D eigenvalue weighted by atomic mass is 9.88. The SMILES string of the molecule is C[C@@H]1C(=O)N(C)c2cnc(N3C(=O)c4c(cccc4C(C)(C)O)C3c3ccc(F)cc3)nc2N1C1CC1. The van der Waals surface area contributed by atoms with Gasteiger partial charge in [0.05, 0.1) is 23.4 Å². The first-order valence-electron chi connectivity index (χ1n) is 12.5. The Morgan fingerprint density at radius 3 is 2.43 bits per heavy atom. The molecule has 6 rings (SSSR count). The van der Waals surface area contributed by atoms with Crippen molar-refractivity contribution in [1.82, 2.24) is 9.97 Å². The number of anilines is 3. The van der Waals surface area contributed by atoms with Gasteiger partial charge in [-0.15, -0.1) is 0 Å². The molecule has 0 saturated heterocycles. The van der Waals surface area contributed by atoms with Crippen molar-refractivity contribution in [1.29, 1.82) is 0 Å². The highest BCUT2D eigenvalue weighted by Crippen LogP contribution is 2.46. The average Bonchev–Trinajstić information content (AvgIpc) is 3.65. The monoisotopic (exact) mass is 501 g/mol. The lowest BCUT2D eigenvalue weighted by molar-refractivity contribution is -0.119. The molecule has 1 fully saturated rings. The van der Waals surface area contributed by atoms with Crippen LogP contribution in [0, 0.1) is 5.82 Å². The van der Waals surface area contributed by atoms with Gasteiger partial charge < -0.3 is 14.9 Å². The summed E-state index contributed by atoms with van der Waals surface area (Å²) in [4.78, 5) is 41.5. The van der Waals surface area contributed by atoms with Crippen LogP contribution in [0.15, 0.2) is 48.7 Å². The van der Waals surface area contributed by atoms with Crippen LogP contribution in [0.3, 0.4) is 0 Å². The van der Waals surface area contributed by atoms with E-state index in [0.29, 0.717) is 33.8 Å². The molecule has 190 valence electrons. The Hall–Kier alpha value is -3.85. The molecule has 1 aliphatic carbocycles. The van der Waals surface area contributed by atoms with E-state index in [1.54, 1.807) is 50.2 Å². The number of nitrogens with zero attached hydrogens (tertiary/aromatic N) is 5. The number of carbonyl (C=O) groups is 2. The highest BCUT2D eigenvalue weighted by Gasteiger charge is 2.46. The van der Waals surface area contributed by atoms with Crippen LogP contribution in [-0.4, -0.2) is 46.0 Å². The largest absolute Gasteiger partial charge is 0.386 e. The van der Waals surface area contributed by atoms with Crippen LogP contribution in [0.5, 0.6) is 0 Å². The summed E-state index contributed by atoms with van der Waals surface area (Å²) in [6.07, 6.45) is 3.54. The van der Waals surface area contributed by atoms with E-state index in [2.05, 4.69) is 4.98 Å². The van der Waals surface area contributed by atoms with Crippen LogP contribution in [0.1, 0.15) is 66.7 Å². The molecule has 2 amide bonds. The minimum Gasteiger partial charge on any atom is -0.386 e. The third-order valence-electron chi connectivity index (χ3n) is 7.53. The molecule has 1 unspecified atom stereocenters. The minimum absolute atomic E-state index is 0.0283. The van der Waals surface area contributed by atoms with Gasteiger partial charge in [-0.1, -0.05) is 30.3 Å². The molecule has 1 aromatic heterocycles. The molecule has 3 heterocycles. The predicted molar refractivity (Wildman–Crippen MR) is 137 cm³/mol. The van der Waals surface area contributed by atoms with Gasteiger partial charge in [-0.3, -0.25) is 14.5 Å². The zero-order valence-electron chi connectivity index (χ0n) is 21.1. The molecule has 37 heavy (non-hydrogen) atoms. The summed E-state index contributed by atoms with van der Waals surface area (Å²) in [5.41, 5.74) is 1.62. The second-order valence-corrected chi connectivity index (χ2v) is 10.5. The summed E-state index contributed by atoms with van der Waals surface area (Å²) in [6, 6.07) is 10.6. The van der Waals surface area contributed by atoms with Crippen LogP contribution in [-0.2, 0) is 10.4 Å². The van der Waals surface area contributed by atoms with E-state index in [0.717, 1.165) is 12.8 Å².